The van der Waals surface area contributed by atoms with E-state index >= 15 is 0 Å². The number of hydrogen-bond donors (Lipinski definition) is 1. The molecule has 2 nitrogen and oxygen atoms in total. The van der Waals surface area contributed by atoms with Gasteiger partial charge >= 0.3 is 0 Å². The number of benzene rings is 1. The maximum absolute atomic E-state index is 4.67. The molecular weight excluding hydrogens is 264 g/mol. The summed E-state index contributed by atoms with van der Waals surface area (Å²) in [5.74, 6) is 1.75. The molecule has 1 aromatic rings. The third-order valence-corrected chi connectivity index (χ3v) is 5.62. The molecule has 0 radical (unpaired) electrons. The van der Waals surface area contributed by atoms with Crippen molar-refractivity contribution in [1.29, 1.82) is 0 Å². The number of nitrogens with zero attached hydrogens (tertiary/aromatic N) is 1. The van der Waals surface area contributed by atoms with Crippen LogP contribution in [0.4, 0.5) is 0 Å². The summed E-state index contributed by atoms with van der Waals surface area (Å²) in [4.78, 5) is 4.67. The van der Waals surface area contributed by atoms with Gasteiger partial charge in [0.05, 0.1) is 11.8 Å². The lowest BCUT2D eigenvalue weighted by atomic mass is 9.82. The molecular formula is C17H24N2S. The fourth-order valence-corrected chi connectivity index (χ4v) is 4.32. The van der Waals surface area contributed by atoms with E-state index in [-0.39, 0.29) is 0 Å². The molecule has 3 atom stereocenters. The topological polar surface area (TPSA) is 24.4 Å². The first-order valence-corrected chi connectivity index (χ1v) is 8.69. The van der Waals surface area contributed by atoms with Gasteiger partial charge in [-0.2, -0.15) is 0 Å². The Kier molecular flexibility index (Phi) is 4.66. The third kappa shape index (κ3) is 3.57. The van der Waals surface area contributed by atoms with E-state index in [0.717, 1.165) is 30.1 Å². The summed E-state index contributed by atoms with van der Waals surface area (Å²) in [6.45, 7) is 4.41. The second-order valence-electron chi connectivity index (χ2n) is 6.18. The molecule has 1 aliphatic carbocycles. The largest absolute Gasteiger partial charge is 0.365 e. The minimum atomic E-state index is 0.504. The predicted octanol–water partition coefficient (Wildman–Crippen LogP) is 4.25. The highest BCUT2D eigenvalue weighted by atomic mass is 32.2. The van der Waals surface area contributed by atoms with E-state index in [4.69, 9.17) is 0 Å². The zero-order chi connectivity index (χ0) is 13.8. The van der Waals surface area contributed by atoms with Crippen LogP contribution in [-0.4, -0.2) is 18.3 Å². The predicted molar refractivity (Wildman–Crippen MR) is 88.2 cm³/mol. The lowest BCUT2D eigenvalue weighted by Crippen LogP contribution is -2.29. The van der Waals surface area contributed by atoms with Crippen molar-refractivity contribution in [3.8, 4) is 0 Å². The number of amidine groups is 1. The maximum atomic E-state index is 4.67. The molecule has 1 saturated carbocycles. The lowest BCUT2D eigenvalue weighted by molar-refractivity contribution is 0.283. The van der Waals surface area contributed by atoms with Crippen LogP contribution in [0.5, 0.6) is 0 Å². The van der Waals surface area contributed by atoms with Crippen molar-refractivity contribution in [1.82, 2.24) is 5.32 Å². The second kappa shape index (κ2) is 6.66. The van der Waals surface area contributed by atoms with E-state index in [1.807, 2.05) is 11.8 Å². The van der Waals surface area contributed by atoms with E-state index in [2.05, 4.69) is 47.6 Å². The molecule has 0 aromatic heterocycles. The molecule has 2 aliphatic rings. The molecule has 1 aromatic carbocycles. The van der Waals surface area contributed by atoms with Crippen LogP contribution in [0.2, 0.25) is 0 Å². The van der Waals surface area contributed by atoms with Gasteiger partial charge in [-0.05, 0) is 30.2 Å². The Hall–Kier alpha value is -0.960. The van der Waals surface area contributed by atoms with Crippen LogP contribution < -0.4 is 5.32 Å². The first-order valence-electron chi connectivity index (χ1n) is 7.81. The van der Waals surface area contributed by atoms with Crippen molar-refractivity contribution in [3.05, 3.63) is 35.9 Å². The molecule has 1 fully saturated rings. The van der Waals surface area contributed by atoms with Crippen LogP contribution >= 0.6 is 11.8 Å². The minimum Gasteiger partial charge on any atom is -0.365 e. The summed E-state index contributed by atoms with van der Waals surface area (Å²) in [5, 5.41) is 5.24. The van der Waals surface area contributed by atoms with Gasteiger partial charge in [0, 0.05) is 6.54 Å². The lowest BCUT2D eigenvalue weighted by Gasteiger charge is -2.27. The molecule has 1 aliphatic heterocycles. The van der Waals surface area contributed by atoms with Crippen LogP contribution in [0.25, 0.3) is 0 Å². The molecule has 0 amide bonds. The Balaban J connectivity index is 1.46. The molecule has 3 unspecified atom stereocenters. The highest BCUT2D eigenvalue weighted by Crippen LogP contribution is 2.34. The first kappa shape index (κ1) is 14.0. The van der Waals surface area contributed by atoms with Gasteiger partial charge in [-0.25, -0.2) is 0 Å². The molecule has 3 heteroatoms. The Morgan fingerprint density at radius 3 is 2.90 bits per heavy atom. The highest BCUT2D eigenvalue weighted by Gasteiger charge is 2.23. The van der Waals surface area contributed by atoms with E-state index in [1.54, 1.807) is 0 Å². The van der Waals surface area contributed by atoms with Crippen LogP contribution in [0.15, 0.2) is 35.3 Å². The van der Waals surface area contributed by atoms with Crippen molar-refractivity contribution in [2.75, 3.05) is 13.1 Å². The summed E-state index contributed by atoms with van der Waals surface area (Å²) in [5.41, 5.74) is 1.39. The van der Waals surface area contributed by atoms with Gasteiger partial charge in [0.15, 0.2) is 5.17 Å². The molecule has 0 bridgehead atoms. The number of hydrogen-bond acceptors (Lipinski definition) is 3. The quantitative estimate of drug-likeness (QED) is 0.899. The second-order valence-corrected chi connectivity index (χ2v) is 7.37. The molecule has 108 valence electrons. The Bertz CT molecular complexity index is 457. The van der Waals surface area contributed by atoms with E-state index < -0.39 is 0 Å². The third-order valence-electron chi connectivity index (χ3n) is 4.41. The van der Waals surface area contributed by atoms with E-state index in [9.17, 15) is 0 Å². The van der Waals surface area contributed by atoms with Crippen molar-refractivity contribution < 1.29 is 0 Å². The fraction of sp³-hybridized carbons (Fsp3) is 0.588. The Labute approximate surface area is 126 Å². The summed E-state index contributed by atoms with van der Waals surface area (Å²) in [7, 11) is 0. The summed E-state index contributed by atoms with van der Waals surface area (Å²) >= 11 is 1.89. The average molecular weight is 288 g/mol. The zero-order valence-corrected chi connectivity index (χ0v) is 13.0. The normalized spacial score (nSPS) is 30.1. The van der Waals surface area contributed by atoms with Gasteiger partial charge in [-0.1, -0.05) is 61.9 Å². The molecule has 0 saturated heterocycles. The average Bonchev–Trinajstić information content (AvgIpc) is 2.95. The minimum absolute atomic E-state index is 0.504. The molecule has 3 rings (SSSR count). The van der Waals surface area contributed by atoms with Crippen LogP contribution in [0, 0.1) is 11.8 Å². The monoisotopic (exact) mass is 288 g/mol. The van der Waals surface area contributed by atoms with Crippen molar-refractivity contribution >= 4 is 16.9 Å². The van der Waals surface area contributed by atoms with Gasteiger partial charge in [-0.3, -0.25) is 4.99 Å². The van der Waals surface area contributed by atoms with Gasteiger partial charge in [0.1, 0.15) is 0 Å². The Morgan fingerprint density at radius 1 is 1.25 bits per heavy atom. The maximum Gasteiger partial charge on any atom is 0.157 e. The van der Waals surface area contributed by atoms with Crippen molar-refractivity contribution in [2.45, 2.75) is 37.9 Å². The Morgan fingerprint density at radius 2 is 2.10 bits per heavy atom. The van der Waals surface area contributed by atoms with E-state index in [1.165, 1.54) is 31.2 Å². The zero-order valence-electron chi connectivity index (χ0n) is 12.2. The molecule has 0 spiro atoms. The van der Waals surface area contributed by atoms with Gasteiger partial charge in [0.2, 0.25) is 0 Å². The molecule has 20 heavy (non-hydrogen) atoms. The van der Waals surface area contributed by atoms with Crippen molar-refractivity contribution in [2.24, 2.45) is 16.8 Å². The fourth-order valence-electron chi connectivity index (χ4n) is 3.29. The molecule has 1 N–H and O–H groups in total. The van der Waals surface area contributed by atoms with Crippen molar-refractivity contribution in [3.63, 3.8) is 0 Å². The standard InChI is InChI=1S/C17H24N2S/c1-13-6-5-7-14(10-13)11-18-17-19-12-16(20-17)15-8-3-2-4-9-15/h2-4,8-9,13-14,16H,5-7,10-12H2,1H3,(H,18,19). The van der Waals surface area contributed by atoms with Crippen LogP contribution in [0.3, 0.4) is 0 Å². The SMILES string of the molecule is CC1CCCC(CNC2=NCC(c3ccccc3)S2)C1. The number of thioether (sulfide) groups is 1. The van der Waals surface area contributed by atoms with Gasteiger partial charge in [0.25, 0.3) is 0 Å². The molecule has 1 heterocycles. The smallest absolute Gasteiger partial charge is 0.157 e. The number of aliphatic imine (C=N–C) groups is 1. The van der Waals surface area contributed by atoms with Crippen LogP contribution in [-0.2, 0) is 0 Å². The summed E-state index contributed by atoms with van der Waals surface area (Å²) < 4.78 is 0. The number of nitrogens with one attached hydrogen (secondary N) is 1. The summed E-state index contributed by atoms with van der Waals surface area (Å²) in [6.07, 6.45) is 5.59. The van der Waals surface area contributed by atoms with Gasteiger partial charge < -0.3 is 5.32 Å². The van der Waals surface area contributed by atoms with Gasteiger partial charge in [-0.15, -0.1) is 0 Å². The van der Waals surface area contributed by atoms with E-state index in [0.29, 0.717) is 5.25 Å². The highest BCUT2D eigenvalue weighted by molar-refractivity contribution is 8.14. The number of rotatable bonds is 3. The van der Waals surface area contributed by atoms with Crippen LogP contribution in [0.1, 0.15) is 43.4 Å². The summed E-state index contributed by atoms with van der Waals surface area (Å²) in [6, 6.07) is 10.7. The first-order chi connectivity index (χ1) is 9.81.